The molecule has 0 amide bonds. The fourth-order valence-corrected chi connectivity index (χ4v) is 15.7. The molecule has 8 heteroatoms. The molecule has 0 rings (SSSR count). The van der Waals surface area contributed by atoms with Crippen molar-refractivity contribution in [2.75, 3.05) is 13.6 Å². The molecule has 0 aromatic carbocycles. The topological polar surface area (TPSA) is 30.9 Å². The lowest BCUT2D eigenvalue weighted by molar-refractivity contribution is 0.251. The van der Waals surface area contributed by atoms with Crippen LogP contribution in [-0.4, -0.2) is 53.5 Å². The van der Waals surface area contributed by atoms with E-state index in [1.165, 1.54) is 0 Å². The predicted octanol–water partition coefficient (Wildman–Crippen LogP) is 2.23. The van der Waals surface area contributed by atoms with Crippen molar-refractivity contribution >= 4 is 35.4 Å². The van der Waals surface area contributed by atoms with Gasteiger partial charge in [-0.2, -0.15) is 0 Å². The van der Waals surface area contributed by atoms with Crippen LogP contribution in [0.1, 0.15) is 6.92 Å². The van der Waals surface area contributed by atoms with Gasteiger partial charge in [0.2, 0.25) is 0 Å². The van der Waals surface area contributed by atoms with Crippen molar-refractivity contribution in [1.29, 1.82) is 0 Å². The molecule has 0 N–H and O–H groups in total. The molecule has 0 aliphatic rings. The summed E-state index contributed by atoms with van der Waals surface area (Å²) in [4.78, 5) is 0. The first kappa shape index (κ1) is 18.7. The Morgan fingerprint density at radius 1 is 0.944 bits per heavy atom. The molecule has 0 fully saturated rings. The number of hydrogen-bond acceptors (Lipinski definition) is 4. The van der Waals surface area contributed by atoms with Gasteiger partial charge in [-0.1, -0.05) is 6.92 Å². The van der Waals surface area contributed by atoms with Crippen LogP contribution in [-0.2, 0) is 12.3 Å². The van der Waals surface area contributed by atoms with E-state index in [1.807, 2.05) is 0 Å². The molecule has 0 saturated carbocycles. The summed E-state index contributed by atoms with van der Waals surface area (Å²) in [5.41, 5.74) is 0. The van der Waals surface area contributed by atoms with Crippen molar-refractivity contribution in [2.24, 2.45) is 0 Å². The molecule has 0 saturated heterocycles. The SMILES string of the molecule is CCN(C)[Si](C)(C)O[Si](C)(O[SiH](C)C)O[SiH](C)C. The van der Waals surface area contributed by atoms with Crippen LogP contribution in [0.2, 0.25) is 45.8 Å². The van der Waals surface area contributed by atoms with Crippen LogP contribution in [0.15, 0.2) is 0 Å². The summed E-state index contributed by atoms with van der Waals surface area (Å²) in [6, 6.07) is 0. The van der Waals surface area contributed by atoms with Crippen LogP contribution in [0.25, 0.3) is 0 Å². The molecule has 0 radical (unpaired) electrons. The molecule has 0 aliphatic carbocycles. The summed E-state index contributed by atoms with van der Waals surface area (Å²) < 4.78 is 21.1. The van der Waals surface area contributed by atoms with E-state index >= 15 is 0 Å². The highest BCUT2D eigenvalue weighted by Crippen LogP contribution is 2.21. The first-order valence-corrected chi connectivity index (χ1v) is 17.4. The highest BCUT2D eigenvalue weighted by molar-refractivity contribution is 6.83. The number of hydrogen-bond donors (Lipinski definition) is 0. The van der Waals surface area contributed by atoms with Gasteiger partial charge in [-0.3, -0.25) is 0 Å². The second-order valence-corrected chi connectivity index (χ2v) is 18.0. The minimum absolute atomic E-state index is 1.00. The van der Waals surface area contributed by atoms with Crippen molar-refractivity contribution < 1.29 is 12.3 Å². The Morgan fingerprint density at radius 3 is 1.61 bits per heavy atom. The normalized spacial score (nSPS) is 14.0. The fourth-order valence-electron chi connectivity index (χ4n) is 1.84. The highest BCUT2D eigenvalue weighted by atomic mass is 28.5. The average Bonchev–Trinajstić information content (AvgIpc) is 2.11. The molecule has 0 heterocycles. The summed E-state index contributed by atoms with van der Waals surface area (Å²) in [6.45, 7) is 18.4. The molecule has 0 unspecified atom stereocenters. The van der Waals surface area contributed by atoms with Gasteiger partial charge in [0.05, 0.1) is 0 Å². The minimum Gasteiger partial charge on any atom is -0.420 e. The van der Waals surface area contributed by atoms with E-state index in [4.69, 9.17) is 12.3 Å². The molecular formula is C10H31NO3Si4. The van der Waals surface area contributed by atoms with Gasteiger partial charge in [0.25, 0.3) is 8.48 Å². The third-order valence-electron chi connectivity index (χ3n) is 2.73. The first-order valence-electron chi connectivity index (χ1n) is 6.79. The van der Waals surface area contributed by atoms with Crippen molar-refractivity contribution in [3.8, 4) is 0 Å². The summed E-state index contributed by atoms with van der Waals surface area (Å²) in [7, 11) is -4.50. The lowest BCUT2D eigenvalue weighted by Gasteiger charge is -2.40. The zero-order valence-electron chi connectivity index (χ0n) is 13.5. The molecule has 0 aliphatic heterocycles. The molecule has 18 heavy (non-hydrogen) atoms. The van der Waals surface area contributed by atoms with Gasteiger partial charge in [0, 0.05) is 6.55 Å². The largest absolute Gasteiger partial charge is 0.466 e. The van der Waals surface area contributed by atoms with Crippen molar-refractivity contribution in [3.05, 3.63) is 0 Å². The van der Waals surface area contributed by atoms with Crippen molar-refractivity contribution in [3.63, 3.8) is 0 Å². The Kier molecular flexibility index (Phi) is 7.77. The summed E-state index contributed by atoms with van der Waals surface area (Å²) >= 11 is 0. The smallest absolute Gasteiger partial charge is 0.420 e. The molecular weight excluding hydrogens is 294 g/mol. The highest BCUT2D eigenvalue weighted by Gasteiger charge is 2.44. The van der Waals surface area contributed by atoms with E-state index in [0.29, 0.717) is 0 Å². The Morgan fingerprint density at radius 2 is 1.33 bits per heavy atom. The van der Waals surface area contributed by atoms with Gasteiger partial charge >= 0.3 is 8.80 Å². The molecule has 110 valence electrons. The van der Waals surface area contributed by atoms with Crippen LogP contribution in [0.3, 0.4) is 0 Å². The Hall–Kier alpha value is 0.708. The maximum Gasteiger partial charge on any atom is 0.466 e. The standard InChI is InChI=1S/C10H31NO3Si4/c1-10-11(2)17(7,8)14-18(9,12-15(3)4)13-16(5)6/h15-16H,10H2,1-9H3. The van der Waals surface area contributed by atoms with Gasteiger partial charge in [0.1, 0.15) is 0 Å². The number of rotatable bonds is 8. The predicted molar refractivity (Wildman–Crippen MR) is 88.4 cm³/mol. The van der Waals surface area contributed by atoms with Crippen molar-refractivity contribution in [2.45, 2.75) is 52.8 Å². The Balaban J connectivity index is 4.87. The number of nitrogens with zero attached hydrogens (tertiary/aromatic N) is 1. The van der Waals surface area contributed by atoms with E-state index in [-0.39, 0.29) is 0 Å². The quantitative estimate of drug-likeness (QED) is 0.640. The van der Waals surface area contributed by atoms with Crippen LogP contribution >= 0.6 is 0 Å². The average molecular weight is 326 g/mol. The zero-order valence-corrected chi connectivity index (χ0v) is 17.8. The van der Waals surface area contributed by atoms with Crippen LogP contribution in [0.5, 0.6) is 0 Å². The first-order chi connectivity index (χ1) is 8.02. The lowest BCUT2D eigenvalue weighted by atomic mass is 10.8. The van der Waals surface area contributed by atoms with E-state index in [2.05, 4.69) is 64.4 Å². The molecule has 0 aromatic rings. The van der Waals surface area contributed by atoms with Crippen LogP contribution < -0.4 is 0 Å². The third kappa shape index (κ3) is 6.75. The van der Waals surface area contributed by atoms with Crippen molar-refractivity contribution in [1.82, 2.24) is 4.57 Å². The van der Waals surface area contributed by atoms with Gasteiger partial charge in [-0.15, -0.1) is 0 Å². The summed E-state index contributed by atoms with van der Waals surface area (Å²) in [6.07, 6.45) is 0. The molecule has 0 bridgehead atoms. The van der Waals surface area contributed by atoms with E-state index in [0.717, 1.165) is 6.54 Å². The second kappa shape index (κ2) is 7.48. The molecule has 0 aromatic heterocycles. The van der Waals surface area contributed by atoms with Crippen LogP contribution in [0.4, 0.5) is 0 Å². The van der Waals surface area contributed by atoms with Gasteiger partial charge in [-0.25, -0.2) is 0 Å². The lowest BCUT2D eigenvalue weighted by Crippen LogP contribution is -2.60. The molecule has 0 atom stereocenters. The minimum atomic E-state index is -2.45. The Labute approximate surface area is 119 Å². The molecule has 4 nitrogen and oxygen atoms in total. The Bertz CT molecular complexity index is 241. The zero-order chi connectivity index (χ0) is 14.6. The maximum absolute atomic E-state index is 6.43. The van der Waals surface area contributed by atoms with Gasteiger partial charge in [0.15, 0.2) is 18.1 Å². The maximum atomic E-state index is 6.43. The summed E-state index contributed by atoms with van der Waals surface area (Å²) in [5.74, 6) is 0. The van der Waals surface area contributed by atoms with Gasteiger partial charge < -0.3 is 16.9 Å². The van der Waals surface area contributed by atoms with E-state index < -0.39 is 35.4 Å². The van der Waals surface area contributed by atoms with Crippen LogP contribution in [0, 0.1) is 0 Å². The fraction of sp³-hybridized carbons (Fsp3) is 1.00. The monoisotopic (exact) mass is 325 g/mol. The summed E-state index contributed by atoms with van der Waals surface area (Å²) in [5, 5.41) is 0. The second-order valence-electron chi connectivity index (χ2n) is 5.76. The van der Waals surface area contributed by atoms with E-state index in [9.17, 15) is 0 Å². The van der Waals surface area contributed by atoms with Gasteiger partial charge in [-0.05, 0) is 52.9 Å². The third-order valence-corrected chi connectivity index (χ3v) is 15.6. The van der Waals surface area contributed by atoms with E-state index in [1.54, 1.807) is 0 Å². The molecule has 0 spiro atoms.